The van der Waals surface area contributed by atoms with Crippen LogP contribution < -0.4 is 4.74 Å². The molecular weight excluding hydrogens is 344 g/mol. The van der Waals surface area contributed by atoms with E-state index in [0.29, 0.717) is 19.4 Å². The van der Waals surface area contributed by atoms with Crippen LogP contribution >= 0.6 is 15.9 Å². The lowest BCUT2D eigenvalue weighted by Crippen LogP contribution is -2.19. The van der Waals surface area contributed by atoms with Crippen molar-refractivity contribution in [2.24, 2.45) is 0 Å². The summed E-state index contributed by atoms with van der Waals surface area (Å²) in [5, 5.41) is 9.41. The number of hydrogen-bond acceptors (Lipinski definition) is 2. The van der Waals surface area contributed by atoms with Gasteiger partial charge >= 0.3 is 5.97 Å². The molecule has 3 rings (SSSR count). The van der Waals surface area contributed by atoms with Crippen molar-refractivity contribution >= 4 is 21.9 Å². The molecule has 0 atom stereocenters. The van der Waals surface area contributed by atoms with E-state index in [1.165, 1.54) is 0 Å². The summed E-state index contributed by atoms with van der Waals surface area (Å²) in [6, 6.07) is 13.8. The van der Waals surface area contributed by atoms with E-state index in [1.807, 2.05) is 49.4 Å². The van der Waals surface area contributed by atoms with Crippen LogP contribution in [0.3, 0.4) is 0 Å². The third-order valence-electron chi connectivity index (χ3n) is 4.17. The zero-order valence-corrected chi connectivity index (χ0v) is 13.9. The molecule has 22 heavy (non-hydrogen) atoms. The lowest BCUT2D eigenvalue weighted by molar-refractivity contribution is -0.140. The second-order valence-corrected chi connectivity index (χ2v) is 6.62. The molecule has 3 nitrogen and oxygen atoms in total. The zero-order chi connectivity index (χ0) is 15.7. The Kier molecular flexibility index (Phi) is 3.96. The number of carboxylic acids is 1. The van der Waals surface area contributed by atoms with Crippen LogP contribution in [0.2, 0.25) is 0 Å². The van der Waals surface area contributed by atoms with Gasteiger partial charge in [-0.1, -0.05) is 36.4 Å². The van der Waals surface area contributed by atoms with Crippen molar-refractivity contribution in [3.8, 4) is 5.75 Å². The van der Waals surface area contributed by atoms with E-state index in [-0.39, 0.29) is 0 Å². The van der Waals surface area contributed by atoms with Crippen LogP contribution in [-0.2, 0) is 16.8 Å². The minimum atomic E-state index is -0.739. The van der Waals surface area contributed by atoms with Gasteiger partial charge in [-0.25, -0.2) is 0 Å². The SMILES string of the molecule is Cc1cc(C2(C(=O)O)CC2)cc(Br)c1OCc1ccccc1. The number of carbonyl (C=O) groups is 1. The number of carboxylic acid groups (broad SMARTS) is 1. The number of benzene rings is 2. The van der Waals surface area contributed by atoms with Crippen molar-refractivity contribution in [2.45, 2.75) is 31.8 Å². The Morgan fingerprint density at radius 2 is 1.95 bits per heavy atom. The first-order chi connectivity index (χ1) is 10.5. The van der Waals surface area contributed by atoms with Gasteiger partial charge in [0.25, 0.3) is 0 Å². The molecule has 1 N–H and O–H groups in total. The molecule has 2 aromatic rings. The number of halogens is 1. The standard InChI is InChI=1S/C18H17BrO3/c1-12-9-14(18(7-8-18)17(20)21)10-15(19)16(12)22-11-13-5-3-2-4-6-13/h2-6,9-10H,7-8,11H2,1H3,(H,20,21). The highest BCUT2D eigenvalue weighted by molar-refractivity contribution is 9.10. The third-order valence-corrected chi connectivity index (χ3v) is 4.76. The Balaban J connectivity index is 1.83. The van der Waals surface area contributed by atoms with Crippen molar-refractivity contribution in [3.63, 3.8) is 0 Å². The minimum absolute atomic E-state index is 0.490. The van der Waals surface area contributed by atoms with Crippen molar-refractivity contribution < 1.29 is 14.6 Å². The molecule has 1 fully saturated rings. The molecule has 0 saturated heterocycles. The van der Waals surface area contributed by atoms with Gasteiger partial charge < -0.3 is 9.84 Å². The molecule has 0 bridgehead atoms. The van der Waals surface area contributed by atoms with E-state index in [9.17, 15) is 9.90 Å². The van der Waals surface area contributed by atoms with Gasteiger partial charge in [-0.05, 0) is 58.5 Å². The molecule has 0 unspecified atom stereocenters. The largest absolute Gasteiger partial charge is 0.487 e. The fourth-order valence-corrected chi connectivity index (χ4v) is 3.34. The van der Waals surface area contributed by atoms with Crippen molar-refractivity contribution in [2.75, 3.05) is 0 Å². The zero-order valence-electron chi connectivity index (χ0n) is 12.3. The van der Waals surface area contributed by atoms with Crippen LogP contribution in [0.15, 0.2) is 46.9 Å². The summed E-state index contributed by atoms with van der Waals surface area (Å²) < 4.78 is 6.72. The van der Waals surface area contributed by atoms with E-state index in [4.69, 9.17) is 4.74 Å². The summed E-state index contributed by atoms with van der Waals surface area (Å²) in [5.41, 5.74) is 2.22. The van der Waals surface area contributed by atoms with Crippen LogP contribution in [0.5, 0.6) is 5.75 Å². The van der Waals surface area contributed by atoms with Crippen molar-refractivity contribution in [3.05, 3.63) is 63.6 Å². The molecule has 0 amide bonds. The highest BCUT2D eigenvalue weighted by Crippen LogP contribution is 2.50. The van der Waals surface area contributed by atoms with E-state index in [0.717, 1.165) is 26.9 Å². The predicted octanol–water partition coefficient (Wildman–Crippen LogP) is 4.45. The third kappa shape index (κ3) is 2.75. The van der Waals surface area contributed by atoms with Crippen molar-refractivity contribution in [1.82, 2.24) is 0 Å². The topological polar surface area (TPSA) is 46.5 Å². The lowest BCUT2D eigenvalue weighted by Gasteiger charge is -2.16. The molecular formula is C18H17BrO3. The fourth-order valence-electron chi connectivity index (χ4n) is 2.67. The van der Waals surface area contributed by atoms with Gasteiger partial charge in [-0.3, -0.25) is 4.79 Å². The summed E-state index contributed by atoms with van der Waals surface area (Å²) in [7, 11) is 0. The average Bonchev–Trinajstić information content (AvgIpc) is 3.29. The van der Waals surface area contributed by atoms with E-state index in [1.54, 1.807) is 0 Å². The summed E-state index contributed by atoms with van der Waals surface area (Å²) in [5.74, 6) is 0.0329. The Labute approximate surface area is 138 Å². The quantitative estimate of drug-likeness (QED) is 0.856. The van der Waals surface area contributed by atoms with Crippen molar-refractivity contribution in [1.29, 1.82) is 0 Å². The first kappa shape index (κ1) is 15.1. The number of aliphatic carboxylic acids is 1. The number of hydrogen-bond donors (Lipinski definition) is 1. The molecule has 2 aromatic carbocycles. The predicted molar refractivity (Wildman–Crippen MR) is 88.2 cm³/mol. The number of ether oxygens (including phenoxy) is 1. The van der Waals surface area contributed by atoms with E-state index >= 15 is 0 Å². The van der Waals surface area contributed by atoms with Crippen LogP contribution in [0.4, 0.5) is 0 Å². The molecule has 1 aliphatic carbocycles. The second-order valence-electron chi connectivity index (χ2n) is 5.77. The molecule has 0 spiro atoms. The molecule has 0 radical (unpaired) electrons. The first-order valence-electron chi connectivity index (χ1n) is 7.24. The smallest absolute Gasteiger partial charge is 0.314 e. The molecule has 4 heteroatoms. The molecule has 0 heterocycles. The molecule has 1 aliphatic rings. The monoisotopic (exact) mass is 360 g/mol. The average molecular weight is 361 g/mol. The van der Waals surface area contributed by atoms with E-state index in [2.05, 4.69) is 15.9 Å². The van der Waals surface area contributed by atoms with Crippen LogP contribution in [0.25, 0.3) is 0 Å². The van der Waals surface area contributed by atoms with Crippen LogP contribution in [0, 0.1) is 6.92 Å². The van der Waals surface area contributed by atoms with Gasteiger partial charge in [0.15, 0.2) is 0 Å². The Hall–Kier alpha value is -1.81. The molecule has 114 valence electrons. The Bertz CT molecular complexity index is 683. The maximum atomic E-state index is 11.5. The highest BCUT2D eigenvalue weighted by Gasteiger charge is 2.52. The van der Waals surface area contributed by atoms with Crippen LogP contribution in [-0.4, -0.2) is 11.1 Å². The fraction of sp³-hybridized carbons (Fsp3) is 0.278. The number of rotatable bonds is 5. The molecule has 0 aromatic heterocycles. The Morgan fingerprint density at radius 1 is 1.27 bits per heavy atom. The van der Waals surface area contributed by atoms with Crippen LogP contribution in [0.1, 0.15) is 29.5 Å². The van der Waals surface area contributed by atoms with Gasteiger partial charge in [0.1, 0.15) is 12.4 Å². The highest BCUT2D eigenvalue weighted by atomic mass is 79.9. The lowest BCUT2D eigenvalue weighted by atomic mass is 9.94. The summed E-state index contributed by atoms with van der Waals surface area (Å²) in [6.07, 6.45) is 1.41. The summed E-state index contributed by atoms with van der Waals surface area (Å²) >= 11 is 3.52. The molecule has 0 aliphatic heterocycles. The summed E-state index contributed by atoms with van der Waals surface area (Å²) in [6.45, 7) is 2.44. The van der Waals surface area contributed by atoms with Gasteiger partial charge in [0.05, 0.1) is 9.89 Å². The van der Waals surface area contributed by atoms with Gasteiger partial charge in [0, 0.05) is 0 Å². The summed E-state index contributed by atoms with van der Waals surface area (Å²) in [4.78, 5) is 11.5. The number of aryl methyl sites for hydroxylation is 1. The first-order valence-corrected chi connectivity index (χ1v) is 8.03. The van der Waals surface area contributed by atoms with Gasteiger partial charge in [-0.15, -0.1) is 0 Å². The normalized spacial score (nSPS) is 15.4. The van der Waals surface area contributed by atoms with E-state index < -0.39 is 11.4 Å². The minimum Gasteiger partial charge on any atom is -0.487 e. The second kappa shape index (κ2) is 5.76. The van der Waals surface area contributed by atoms with Gasteiger partial charge in [-0.2, -0.15) is 0 Å². The Morgan fingerprint density at radius 3 is 2.50 bits per heavy atom. The maximum absolute atomic E-state index is 11.5. The maximum Gasteiger partial charge on any atom is 0.314 e. The van der Waals surface area contributed by atoms with Gasteiger partial charge in [0.2, 0.25) is 0 Å². The molecule has 1 saturated carbocycles.